The highest BCUT2D eigenvalue weighted by Crippen LogP contribution is 2.21. The molecule has 8 heteroatoms. The van der Waals surface area contributed by atoms with Crippen LogP contribution in [-0.4, -0.2) is 49.1 Å². The van der Waals surface area contributed by atoms with Gasteiger partial charge in [-0.25, -0.2) is 8.42 Å². The number of aromatic nitrogens is 2. The third-order valence-electron chi connectivity index (χ3n) is 3.57. The zero-order valence-electron chi connectivity index (χ0n) is 11.8. The lowest BCUT2D eigenvalue weighted by Crippen LogP contribution is -2.48. The predicted molar refractivity (Wildman–Crippen MR) is 87.1 cm³/mol. The van der Waals surface area contributed by atoms with Gasteiger partial charge in [-0.2, -0.15) is 9.40 Å². The molecule has 2 heterocycles. The van der Waals surface area contributed by atoms with E-state index in [2.05, 4.69) is 26.1 Å². The molecule has 0 atom stereocenters. The number of halogens is 1. The minimum absolute atomic E-state index is 0.323. The predicted octanol–water partition coefficient (Wildman–Crippen LogP) is 1.75. The summed E-state index contributed by atoms with van der Waals surface area (Å²) in [5.74, 6) is 0.781. The Kier molecular flexibility index (Phi) is 4.42. The van der Waals surface area contributed by atoms with Crippen molar-refractivity contribution in [3.63, 3.8) is 0 Å². The topological polar surface area (TPSA) is 66.4 Å². The van der Waals surface area contributed by atoms with Gasteiger partial charge in [-0.1, -0.05) is 15.9 Å². The van der Waals surface area contributed by atoms with Crippen LogP contribution in [0, 0.1) is 0 Å². The second kappa shape index (κ2) is 6.31. The number of hydrogen-bond donors (Lipinski definition) is 0. The normalized spacial score (nSPS) is 16.7. The molecule has 116 valence electrons. The zero-order valence-corrected chi connectivity index (χ0v) is 14.2. The van der Waals surface area contributed by atoms with E-state index in [0.717, 1.165) is 10.3 Å². The van der Waals surface area contributed by atoms with Crippen LogP contribution >= 0.6 is 15.9 Å². The van der Waals surface area contributed by atoms with Crippen LogP contribution in [0.1, 0.15) is 0 Å². The molecule has 0 bridgehead atoms. The monoisotopic (exact) mass is 382 g/mol. The molecule has 0 spiro atoms. The van der Waals surface area contributed by atoms with Crippen molar-refractivity contribution in [2.45, 2.75) is 4.90 Å². The summed E-state index contributed by atoms with van der Waals surface area (Å²) in [6.45, 7) is 2.09. The van der Waals surface area contributed by atoms with E-state index in [1.165, 1.54) is 4.31 Å². The highest BCUT2D eigenvalue weighted by atomic mass is 79.9. The van der Waals surface area contributed by atoms with Crippen LogP contribution in [0.4, 0.5) is 5.82 Å². The molecule has 22 heavy (non-hydrogen) atoms. The molecule has 0 radical (unpaired) electrons. The van der Waals surface area contributed by atoms with Crippen LogP contribution in [0.25, 0.3) is 0 Å². The maximum Gasteiger partial charge on any atom is 0.243 e. The number of sulfonamides is 1. The van der Waals surface area contributed by atoms with Gasteiger partial charge in [-0.15, -0.1) is 5.10 Å². The highest BCUT2D eigenvalue weighted by molar-refractivity contribution is 9.10. The van der Waals surface area contributed by atoms with E-state index in [1.54, 1.807) is 30.5 Å². The Balaban J connectivity index is 1.72. The molecule has 2 aromatic rings. The second-order valence-corrected chi connectivity index (χ2v) is 7.78. The summed E-state index contributed by atoms with van der Waals surface area (Å²) in [5, 5.41) is 7.92. The first-order valence-electron chi connectivity index (χ1n) is 6.86. The van der Waals surface area contributed by atoms with Crippen LogP contribution in [0.5, 0.6) is 0 Å². The number of piperazine rings is 1. The second-order valence-electron chi connectivity index (χ2n) is 4.93. The van der Waals surface area contributed by atoms with Gasteiger partial charge in [0.1, 0.15) is 0 Å². The van der Waals surface area contributed by atoms with Crippen molar-refractivity contribution in [2.75, 3.05) is 31.1 Å². The summed E-state index contributed by atoms with van der Waals surface area (Å²) in [7, 11) is -3.43. The zero-order chi connectivity index (χ0) is 15.6. The van der Waals surface area contributed by atoms with E-state index in [0.29, 0.717) is 31.1 Å². The van der Waals surface area contributed by atoms with E-state index in [1.807, 2.05) is 17.0 Å². The summed E-state index contributed by atoms with van der Waals surface area (Å²) in [5.41, 5.74) is 0. The van der Waals surface area contributed by atoms with Crippen molar-refractivity contribution in [2.24, 2.45) is 0 Å². The molecule has 0 saturated carbocycles. The maximum absolute atomic E-state index is 12.6. The number of benzene rings is 1. The molecular formula is C14H15BrN4O2S. The number of anilines is 1. The van der Waals surface area contributed by atoms with Crippen LogP contribution in [-0.2, 0) is 10.0 Å². The molecular weight excluding hydrogens is 368 g/mol. The summed E-state index contributed by atoms with van der Waals surface area (Å²) in [6.07, 6.45) is 1.62. The lowest BCUT2D eigenvalue weighted by Gasteiger charge is -2.34. The minimum Gasteiger partial charge on any atom is -0.352 e. The Morgan fingerprint density at radius 1 is 1.00 bits per heavy atom. The first-order chi connectivity index (χ1) is 10.6. The molecule has 0 N–H and O–H groups in total. The third kappa shape index (κ3) is 3.13. The van der Waals surface area contributed by atoms with Gasteiger partial charge in [0.05, 0.1) is 4.90 Å². The summed E-state index contributed by atoms with van der Waals surface area (Å²) in [4.78, 5) is 2.37. The van der Waals surface area contributed by atoms with E-state index in [9.17, 15) is 8.42 Å². The van der Waals surface area contributed by atoms with Gasteiger partial charge in [0.15, 0.2) is 5.82 Å². The average molecular weight is 383 g/mol. The van der Waals surface area contributed by atoms with E-state index >= 15 is 0 Å². The van der Waals surface area contributed by atoms with Crippen molar-refractivity contribution < 1.29 is 8.42 Å². The fourth-order valence-electron chi connectivity index (χ4n) is 2.38. The van der Waals surface area contributed by atoms with Crippen molar-refractivity contribution in [3.8, 4) is 0 Å². The summed E-state index contributed by atoms with van der Waals surface area (Å²) < 4.78 is 27.6. The third-order valence-corrected chi connectivity index (χ3v) is 6.01. The Bertz CT molecular complexity index is 729. The quantitative estimate of drug-likeness (QED) is 0.808. The molecule has 0 amide bonds. The molecule has 0 unspecified atom stereocenters. The Hall–Kier alpha value is -1.51. The van der Waals surface area contributed by atoms with E-state index in [4.69, 9.17) is 0 Å². The standard InChI is InChI=1S/C14H15BrN4O2S/c15-12-3-5-13(6-4-12)22(20,21)19-10-8-18(9-11-19)14-2-1-7-16-17-14/h1-7H,8-11H2. The number of rotatable bonds is 3. The van der Waals surface area contributed by atoms with Gasteiger partial charge in [-0.3, -0.25) is 0 Å². The smallest absolute Gasteiger partial charge is 0.243 e. The molecule has 1 aliphatic rings. The van der Waals surface area contributed by atoms with Crippen LogP contribution in [0.2, 0.25) is 0 Å². The fraction of sp³-hybridized carbons (Fsp3) is 0.286. The first-order valence-corrected chi connectivity index (χ1v) is 9.09. The van der Waals surface area contributed by atoms with Gasteiger partial charge in [-0.05, 0) is 36.4 Å². The largest absolute Gasteiger partial charge is 0.352 e. The molecule has 1 aromatic heterocycles. The summed E-state index contributed by atoms with van der Waals surface area (Å²) in [6, 6.07) is 10.4. The maximum atomic E-state index is 12.6. The SMILES string of the molecule is O=S(=O)(c1ccc(Br)cc1)N1CCN(c2cccnn2)CC1. The van der Waals surface area contributed by atoms with Crippen LogP contribution in [0.3, 0.4) is 0 Å². The molecule has 6 nitrogen and oxygen atoms in total. The molecule has 1 aromatic carbocycles. The Labute approximate surface area is 137 Å². The van der Waals surface area contributed by atoms with Crippen molar-refractivity contribution >= 4 is 31.8 Å². The van der Waals surface area contributed by atoms with Crippen molar-refractivity contribution in [1.29, 1.82) is 0 Å². The average Bonchev–Trinajstić information content (AvgIpc) is 2.56. The van der Waals surface area contributed by atoms with Crippen LogP contribution < -0.4 is 4.90 Å². The Morgan fingerprint density at radius 3 is 2.27 bits per heavy atom. The van der Waals surface area contributed by atoms with Gasteiger partial charge in [0.2, 0.25) is 10.0 Å². The van der Waals surface area contributed by atoms with Gasteiger partial charge < -0.3 is 4.90 Å². The van der Waals surface area contributed by atoms with Crippen LogP contribution in [0.15, 0.2) is 52.0 Å². The van der Waals surface area contributed by atoms with Gasteiger partial charge >= 0.3 is 0 Å². The number of nitrogens with zero attached hydrogens (tertiary/aromatic N) is 4. The molecule has 0 aliphatic carbocycles. The van der Waals surface area contributed by atoms with Gasteiger partial charge in [0.25, 0.3) is 0 Å². The fourth-order valence-corrected chi connectivity index (χ4v) is 4.06. The minimum atomic E-state index is -3.43. The van der Waals surface area contributed by atoms with Crippen molar-refractivity contribution in [1.82, 2.24) is 14.5 Å². The highest BCUT2D eigenvalue weighted by Gasteiger charge is 2.28. The lowest BCUT2D eigenvalue weighted by molar-refractivity contribution is 0.383. The molecule has 1 aliphatic heterocycles. The van der Waals surface area contributed by atoms with Crippen molar-refractivity contribution in [3.05, 3.63) is 47.1 Å². The van der Waals surface area contributed by atoms with E-state index in [-0.39, 0.29) is 0 Å². The lowest BCUT2D eigenvalue weighted by atomic mass is 10.3. The number of hydrogen-bond acceptors (Lipinski definition) is 5. The molecule has 1 fully saturated rings. The molecule has 3 rings (SSSR count). The van der Waals surface area contributed by atoms with E-state index < -0.39 is 10.0 Å². The van der Waals surface area contributed by atoms with Gasteiger partial charge in [0, 0.05) is 36.8 Å². The molecule has 1 saturated heterocycles. The Morgan fingerprint density at radius 2 is 1.68 bits per heavy atom. The summed E-state index contributed by atoms with van der Waals surface area (Å²) >= 11 is 3.31. The first kappa shape index (κ1) is 15.4.